The maximum atomic E-state index is 12.6. The van der Waals surface area contributed by atoms with E-state index >= 15 is 0 Å². The van der Waals surface area contributed by atoms with E-state index in [1.54, 1.807) is 27.7 Å². The molecule has 0 saturated heterocycles. The largest absolute Gasteiger partial charge is 0.461 e. The maximum Gasteiger partial charge on any atom is 0.355 e. The average Bonchev–Trinajstić information content (AvgIpc) is 2.71. The molecule has 0 aliphatic rings. The molecule has 0 saturated carbocycles. The summed E-state index contributed by atoms with van der Waals surface area (Å²) in [6.45, 7) is 7.03. The number of rotatable bonds is 6. The Bertz CT molecular complexity index is 668. The lowest BCUT2D eigenvalue weighted by Gasteiger charge is -2.18. The molecule has 0 atom stereocenters. The topological polar surface area (TPSA) is 79.5 Å². The standard InChI is InChI=1S/C14H20N2O4S/c1-6-9-16(7-2)21(18,19)13-10(4)12(15-11(13)5)14(17)20-8-3/h1,15H,7-9H2,2-5H3. The molecule has 0 spiro atoms. The zero-order valence-corrected chi connectivity index (χ0v) is 13.5. The van der Waals surface area contributed by atoms with E-state index < -0.39 is 16.0 Å². The van der Waals surface area contributed by atoms with Gasteiger partial charge in [-0.3, -0.25) is 0 Å². The first-order valence-electron chi connectivity index (χ1n) is 6.61. The molecule has 0 aliphatic carbocycles. The minimum Gasteiger partial charge on any atom is -0.461 e. The predicted octanol–water partition coefficient (Wildman–Crippen LogP) is 1.45. The number of aromatic amines is 1. The molecule has 0 aliphatic heterocycles. The SMILES string of the molecule is C#CCN(CC)S(=O)(=O)c1c(C)[nH]c(C(=O)OCC)c1C. The van der Waals surface area contributed by atoms with Crippen LogP contribution in [0.1, 0.15) is 35.6 Å². The number of hydrogen-bond donors (Lipinski definition) is 1. The first-order valence-corrected chi connectivity index (χ1v) is 8.05. The highest BCUT2D eigenvalue weighted by Crippen LogP contribution is 2.26. The molecule has 0 aromatic carbocycles. The number of esters is 1. The Labute approximate surface area is 125 Å². The molecule has 1 aromatic rings. The number of aryl methyl sites for hydroxylation is 1. The molecule has 116 valence electrons. The van der Waals surface area contributed by atoms with E-state index in [1.165, 1.54) is 4.31 Å². The lowest BCUT2D eigenvalue weighted by atomic mass is 10.2. The van der Waals surface area contributed by atoms with E-state index in [-0.39, 0.29) is 30.3 Å². The average molecular weight is 312 g/mol. The molecule has 0 fully saturated rings. The third-order valence-electron chi connectivity index (χ3n) is 3.07. The van der Waals surface area contributed by atoms with Crippen LogP contribution in [-0.4, -0.2) is 43.4 Å². The van der Waals surface area contributed by atoms with Crippen molar-refractivity contribution in [3.8, 4) is 12.3 Å². The summed E-state index contributed by atoms with van der Waals surface area (Å²) in [6, 6.07) is 0. The molecule has 1 rings (SSSR count). The first-order chi connectivity index (χ1) is 9.81. The predicted molar refractivity (Wildman–Crippen MR) is 79.5 cm³/mol. The highest BCUT2D eigenvalue weighted by atomic mass is 32.2. The number of hydrogen-bond acceptors (Lipinski definition) is 4. The summed E-state index contributed by atoms with van der Waals surface area (Å²) in [5.41, 5.74) is 0.900. The van der Waals surface area contributed by atoms with Crippen molar-refractivity contribution in [1.82, 2.24) is 9.29 Å². The molecule has 0 amide bonds. The Morgan fingerprint density at radius 1 is 1.38 bits per heavy atom. The smallest absolute Gasteiger partial charge is 0.355 e. The van der Waals surface area contributed by atoms with Crippen molar-refractivity contribution < 1.29 is 17.9 Å². The van der Waals surface area contributed by atoms with Crippen LogP contribution in [0.5, 0.6) is 0 Å². The van der Waals surface area contributed by atoms with Crippen molar-refractivity contribution in [2.24, 2.45) is 0 Å². The van der Waals surface area contributed by atoms with Gasteiger partial charge >= 0.3 is 5.97 Å². The van der Waals surface area contributed by atoms with E-state index in [4.69, 9.17) is 11.2 Å². The third-order valence-corrected chi connectivity index (χ3v) is 5.26. The number of carbonyl (C=O) groups excluding carboxylic acids is 1. The van der Waals surface area contributed by atoms with Gasteiger partial charge in [0.05, 0.1) is 13.2 Å². The van der Waals surface area contributed by atoms with Crippen molar-refractivity contribution in [3.05, 3.63) is 17.0 Å². The minimum atomic E-state index is -3.75. The number of H-pyrrole nitrogens is 1. The molecule has 0 unspecified atom stereocenters. The van der Waals surface area contributed by atoms with Gasteiger partial charge in [-0.05, 0) is 20.8 Å². The Balaban J connectivity index is 3.38. The second-order valence-electron chi connectivity index (χ2n) is 4.43. The fourth-order valence-electron chi connectivity index (χ4n) is 2.12. The van der Waals surface area contributed by atoms with Gasteiger partial charge in [-0.15, -0.1) is 6.42 Å². The number of aromatic nitrogens is 1. The molecule has 0 radical (unpaired) electrons. The van der Waals surface area contributed by atoms with E-state index in [0.29, 0.717) is 11.3 Å². The molecule has 0 bridgehead atoms. The van der Waals surface area contributed by atoms with Gasteiger partial charge < -0.3 is 9.72 Å². The zero-order valence-electron chi connectivity index (χ0n) is 12.7. The molecule has 7 heteroatoms. The number of nitrogens with zero attached hydrogens (tertiary/aromatic N) is 1. The van der Waals surface area contributed by atoms with E-state index in [0.717, 1.165) is 0 Å². The van der Waals surface area contributed by atoms with E-state index in [2.05, 4.69) is 10.9 Å². The highest BCUT2D eigenvalue weighted by molar-refractivity contribution is 7.89. The lowest BCUT2D eigenvalue weighted by Crippen LogP contribution is -2.31. The van der Waals surface area contributed by atoms with Gasteiger partial charge in [0.1, 0.15) is 10.6 Å². The summed E-state index contributed by atoms with van der Waals surface area (Å²) < 4.78 is 31.4. The summed E-state index contributed by atoms with van der Waals surface area (Å²) in [5, 5.41) is 0. The van der Waals surface area contributed by atoms with Crippen LogP contribution >= 0.6 is 0 Å². The van der Waals surface area contributed by atoms with Crippen molar-refractivity contribution in [3.63, 3.8) is 0 Å². The second-order valence-corrected chi connectivity index (χ2v) is 6.31. The minimum absolute atomic E-state index is 0.0162. The molecule has 1 N–H and O–H groups in total. The van der Waals surface area contributed by atoms with Gasteiger partial charge in [-0.2, -0.15) is 4.31 Å². The molecule has 6 nitrogen and oxygen atoms in total. The van der Waals surface area contributed by atoms with Crippen LogP contribution in [0.25, 0.3) is 0 Å². The molecular weight excluding hydrogens is 292 g/mol. The van der Waals surface area contributed by atoms with Crippen LogP contribution in [0.15, 0.2) is 4.90 Å². The van der Waals surface area contributed by atoms with Crippen LogP contribution in [-0.2, 0) is 14.8 Å². The van der Waals surface area contributed by atoms with Crippen molar-refractivity contribution >= 4 is 16.0 Å². The molecule has 1 heterocycles. The number of sulfonamides is 1. The third kappa shape index (κ3) is 3.28. The van der Waals surface area contributed by atoms with Gasteiger partial charge in [-0.25, -0.2) is 13.2 Å². The molecule has 1 aromatic heterocycles. The zero-order chi connectivity index (χ0) is 16.2. The Hall–Kier alpha value is -1.78. The summed E-state index contributed by atoms with van der Waals surface area (Å²) in [6.07, 6.45) is 5.21. The summed E-state index contributed by atoms with van der Waals surface area (Å²) >= 11 is 0. The molecule has 21 heavy (non-hydrogen) atoms. The van der Waals surface area contributed by atoms with Crippen molar-refractivity contribution in [1.29, 1.82) is 0 Å². The monoisotopic (exact) mass is 312 g/mol. The fourth-order valence-corrected chi connectivity index (χ4v) is 3.89. The number of carbonyl (C=O) groups is 1. The Kier molecular flexibility index (Phi) is 5.58. The van der Waals surface area contributed by atoms with Crippen LogP contribution < -0.4 is 0 Å². The number of terminal acetylenes is 1. The van der Waals surface area contributed by atoms with E-state index in [1.807, 2.05) is 0 Å². The van der Waals surface area contributed by atoms with Gasteiger partial charge in [-0.1, -0.05) is 12.8 Å². The Morgan fingerprint density at radius 2 is 2.00 bits per heavy atom. The first kappa shape index (κ1) is 17.3. The van der Waals surface area contributed by atoms with Crippen LogP contribution in [0.2, 0.25) is 0 Å². The molecular formula is C14H20N2O4S. The van der Waals surface area contributed by atoms with E-state index in [9.17, 15) is 13.2 Å². The number of nitrogens with one attached hydrogen (secondary N) is 1. The normalized spacial score (nSPS) is 11.4. The fraction of sp³-hybridized carbons (Fsp3) is 0.500. The second kappa shape index (κ2) is 6.78. The van der Waals surface area contributed by atoms with Crippen LogP contribution in [0, 0.1) is 26.2 Å². The van der Waals surface area contributed by atoms with Gasteiger partial charge in [0.25, 0.3) is 0 Å². The summed E-state index contributed by atoms with van der Waals surface area (Å²) in [4.78, 5) is 14.7. The van der Waals surface area contributed by atoms with Gasteiger partial charge in [0.15, 0.2) is 0 Å². The lowest BCUT2D eigenvalue weighted by molar-refractivity contribution is 0.0519. The van der Waals surface area contributed by atoms with Gasteiger partial charge in [0, 0.05) is 17.8 Å². The Morgan fingerprint density at radius 3 is 2.48 bits per heavy atom. The quantitative estimate of drug-likeness (QED) is 0.637. The summed E-state index contributed by atoms with van der Waals surface area (Å²) in [5.74, 6) is 1.76. The van der Waals surface area contributed by atoms with Crippen LogP contribution in [0.3, 0.4) is 0 Å². The number of ether oxygens (including phenoxy) is 1. The highest BCUT2D eigenvalue weighted by Gasteiger charge is 2.30. The maximum absolute atomic E-state index is 12.6. The van der Waals surface area contributed by atoms with Crippen LogP contribution in [0.4, 0.5) is 0 Å². The van der Waals surface area contributed by atoms with Gasteiger partial charge in [0.2, 0.25) is 10.0 Å². The van der Waals surface area contributed by atoms with Crippen molar-refractivity contribution in [2.75, 3.05) is 19.7 Å². The summed E-state index contributed by atoms with van der Waals surface area (Å²) in [7, 11) is -3.75. The van der Waals surface area contributed by atoms with Crippen molar-refractivity contribution in [2.45, 2.75) is 32.6 Å².